The molecule has 1 heterocycles. The van der Waals surface area contributed by atoms with Crippen LogP contribution in [0.25, 0.3) is 5.57 Å². The third-order valence-electron chi connectivity index (χ3n) is 5.49. The largest absolute Gasteiger partial charge is 0.360 e. The Kier molecular flexibility index (Phi) is 8.39. The lowest BCUT2D eigenvalue weighted by molar-refractivity contribution is 0.0945. The molecule has 0 aliphatic carbocycles. The van der Waals surface area contributed by atoms with Gasteiger partial charge in [-0.3, -0.25) is 4.79 Å². The predicted molar refractivity (Wildman–Crippen MR) is 126 cm³/mol. The summed E-state index contributed by atoms with van der Waals surface area (Å²) >= 11 is 6.23. The van der Waals surface area contributed by atoms with Crippen LogP contribution in [0.4, 0.5) is 8.78 Å². The van der Waals surface area contributed by atoms with Crippen molar-refractivity contribution in [1.29, 1.82) is 0 Å². The molecule has 0 saturated heterocycles. The molecule has 1 aromatic heterocycles. The second-order valence-corrected chi connectivity index (χ2v) is 8.50. The fraction of sp³-hybridized carbons (Fsp3) is 0.308. The molecule has 0 unspecified atom stereocenters. The zero-order valence-electron chi connectivity index (χ0n) is 19.0. The molecule has 0 aliphatic rings. The number of aryl methyl sites for hydroxylation is 1. The summed E-state index contributed by atoms with van der Waals surface area (Å²) in [4.78, 5) is 12.6. The summed E-state index contributed by atoms with van der Waals surface area (Å²) < 4.78 is 32.4. The average Bonchev–Trinajstić information content (AvgIpc) is 3.24. The lowest BCUT2D eigenvalue weighted by atomic mass is 9.92. The van der Waals surface area contributed by atoms with E-state index in [1.54, 1.807) is 0 Å². The van der Waals surface area contributed by atoms with Crippen molar-refractivity contribution in [2.45, 2.75) is 46.5 Å². The highest BCUT2D eigenvalue weighted by molar-refractivity contribution is 6.30. The van der Waals surface area contributed by atoms with E-state index in [1.807, 2.05) is 25.1 Å². The zero-order valence-corrected chi connectivity index (χ0v) is 19.7. The highest BCUT2D eigenvalue weighted by Crippen LogP contribution is 2.29. The number of hydrogen-bond acceptors (Lipinski definition) is 3. The molecule has 1 amide bonds. The number of amides is 1. The first-order chi connectivity index (χ1) is 15.8. The molecule has 0 spiro atoms. The number of nitrogens with zero attached hydrogens (tertiary/aromatic N) is 1. The summed E-state index contributed by atoms with van der Waals surface area (Å²) in [7, 11) is 0. The van der Waals surface area contributed by atoms with Crippen molar-refractivity contribution in [3.05, 3.63) is 92.8 Å². The maximum absolute atomic E-state index is 13.9. The number of rotatable bonds is 9. The van der Waals surface area contributed by atoms with Gasteiger partial charge in [0.1, 0.15) is 17.4 Å². The van der Waals surface area contributed by atoms with Crippen molar-refractivity contribution in [3.63, 3.8) is 0 Å². The van der Waals surface area contributed by atoms with Gasteiger partial charge in [0, 0.05) is 24.1 Å². The van der Waals surface area contributed by atoms with E-state index in [0.717, 1.165) is 42.2 Å². The third-order valence-corrected chi connectivity index (χ3v) is 5.72. The molecule has 0 saturated carbocycles. The van der Waals surface area contributed by atoms with Crippen LogP contribution in [-0.2, 0) is 6.42 Å². The van der Waals surface area contributed by atoms with E-state index in [-0.39, 0.29) is 29.3 Å². The molecular weight excluding hydrogens is 446 g/mol. The number of allylic oxidation sites excluding steroid dienone is 1. The molecule has 1 N–H and O–H groups in total. The van der Waals surface area contributed by atoms with E-state index < -0.39 is 11.6 Å². The second kappa shape index (κ2) is 11.2. The van der Waals surface area contributed by atoms with Gasteiger partial charge in [-0.15, -0.1) is 0 Å². The van der Waals surface area contributed by atoms with Gasteiger partial charge in [-0.25, -0.2) is 8.78 Å². The van der Waals surface area contributed by atoms with E-state index in [1.165, 1.54) is 17.2 Å². The molecule has 4 nitrogen and oxygen atoms in total. The van der Waals surface area contributed by atoms with Crippen molar-refractivity contribution in [3.8, 4) is 0 Å². The fourth-order valence-corrected chi connectivity index (χ4v) is 3.96. The summed E-state index contributed by atoms with van der Waals surface area (Å²) in [5, 5.41) is 7.32. The Labute approximate surface area is 197 Å². The highest BCUT2D eigenvalue weighted by atomic mass is 35.5. The van der Waals surface area contributed by atoms with Gasteiger partial charge in [-0.05, 0) is 79.3 Å². The molecule has 3 rings (SSSR count). The van der Waals surface area contributed by atoms with Gasteiger partial charge in [0.15, 0.2) is 5.69 Å². The molecule has 2 aromatic carbocycles. The quantitative estimate of drug-likeness (QED) is 0.368. The maximum atomic E-state index is 13.9. The minimum Gasteiger partial charge on any atom is -0.360 e. The highest BCUT2D eigenvalue weighted by Gasteiger charge is 2.16. The number of carbonyl (C=O) groups excluding carboxylic acids is 1. The fourth-order valence-electron chi connectivity index (χ4n) is 3.78. The van der Waals surface area contributed by atoms with Gasteiger partial charge < -0.3 is 9.84 Å². The minimum atomic E-state index is -0.545. The molecule has 33 heavy (non-hydrogen) atoms. The molecule has 174 valence electrons. The van der Waals surface area contributed by atoms with Crippen LogP contribution in [0.1, 0.15) is 66.0 Å². The van der Waals surface area contributed by atoms with Crippen LogP contribution in [0.2, 0.25) is 5.02 Å². The molecule has 0 bridgehead atoms. The number of carbonyl (C=O) groups is 1. The molecule has 0 fully saturated rings. The van der Waals surface area contributed by atoms with Crippen molar-refractivity contribution < 1.29 is 18.1 Å². The Morgan fingerprint density at radius 1 is 1.12 bits per heavy atom. The molecule has 0 atom stereocenters. The van der Waals surface area contributed by atoms with Crippen LogP contribution < -0.4 is 5.32 Å². The van der Waals surface area contributed by atoms with E-state index in [4.69, 9.17) is 16.1 Å². The minimum absolute atomic E-state index is 0.00101. The Morgan fingerprint density at radius 2 is 1.91 bits per heavy atom. The van der Waals surface area contributed by atoms with Crippen molar-refractivity contribution in [1.82, 2.24) is 10.5 Å². The van der Waals surface area contributed by atoms with Crippen molar-refractivity contribution in [2.75, 3.05) is 6.54 Å². The van der Waals surface area contributed by atoms with E-state index in [9.17, 15) is 13.6 Å². The molecule has 0 radical (unpaired) electrons. The Hall–Kier alpha value is -2.99. The first-order valence-corrected chi connectivity index (χ1v) is 11.3. The van der Waals surface area contributed by atoms with Crippen LogP contribution >= 0.6 is 11.6 Å². The van der Waals surface area contributed by atoms with Crippen LogP contribution in [-0.4, -0.2) is 17.6 Å². The number of benzene rings is 2. The summed E-state index contributed by atoms with van der Waals surface area (Å²) in [5.74, 6) is -1.20. The monoisotopic (exact) mass is 472 g/mol. The number of hydrogen-bond donors (Lipinski definition) is 1. The van der Waals surface area contributed by atoms with E-state index in [0.29, 0.717) is 18.0 Å². The molecule has 0 aliphatic heterocycles. The van der Waals surface area contributed by atoms with Gasteiger partial charge in [-0.1, -0.05) is 41.7 Å². The smallest absolute Gasteiger partial charge is 0.273 e. The van der Waals surface area contributed by atoms with Crippen molar-refractivity contribution >= 4 is 23.1 Å². The van der Waals surface area contributed by atoms with Gasteiger partial charge >= 0.3 is 0 Å². The number of nitrogens with one attached hydrogen (secondary N) is 1. The van der Waals surface area contributed by atoms with E-state index >= 15 is 0 Å². The third kappa shape index (κ3) is 6.51. The summed E-state index contributed by atoms with van der Waals surface area (Å²) in [5.41, 5.74) is 4.87. The Bertz CT molecular complexity index is 1170. The predicted octanol–water partition coefficient (Wildman–Crippen LogP) is 6.90. The SMILES string of the molecule is CCC/C(C)=C(/CCNC(=O)c1cc(Cc2cc(F)ccc2F)on1)c1cc(Cl)ccc1C. The number of halogens is 3. The Balaban J connectivity index is 1.66. The maximum Gasteiger partial charge on any atom is 0.273 e. The molecule has 7 heteroatoms. The standard InChI is InChI=1S/C26H27ClF2N2O2/c1-4-5-16(2)22(23-14-19(27)7-6-17(23)3)10-11-30-26(32)25-15-21(33-31-25)13-18-12-20(28)8-9-24(18)29/h6-9,12,14-15H,4-5,10-11,13H2,1-3H3,(H,30,32)/b22-16-. The van der Waals surface area contributed by atoms with Gasteiger partial charge in [-0.2, -0.15) is 0 Å². The molecule has 3 aromatic rings. The average molecular weight is 473 g/mol. The van der Waals surface area contributed by atoms with Crippen molar-refractivity contribution in [2.24, 2.45) is 0 Å². The van der Waals surface area contributed by atoms with Crippen LogP contribution in [0.3, 0.4) is 0 Å². The summed E-state index contributed by atoms with van der Waals surface area (Å²) in [6, 6.07) is 10.5. The lowest BCUT2D eigenvalue weighted by Gasteiger charge is -2.16. The summed E-state index contributed by atoms with van der Waals surface area (Å²) in [6.45, 7) is 6.69. The Morgan fingerprint density at radius 3 is 2.67 bits per heavy atom. The van der Waals surface area contributed by atoms with Gasteiger partial charge in [0.25, 0.3) is 5.91 Å². The first kappa shape index (κ1) is 24.6. The van der Waals surface area contributed by atoms with Gasteiger partial charge in [0.05, 0.1) is 0 Å². The molecular formula is C26H27ClF2N2O2. The van der Waals surface area contributed by atoms with Crippen LogP contribution in [0.15, 0.2) is 52.6 Å². The number of aromatic nitrogens is 1. The van der Waals surface area contributed by atoms with Crippen LogP contribution in [0.5, 0.6) is 0 Å². The van der Waals surface area contributed by atoms with Gasteiger partial charge in [0.2, 0.25) is 0 Å². The normalized spacial score (nSPS) is 11.9. The first-order valence-electron chi connectivity index (χ1n) is 10.9. The lowest BCUT2D eigenvalue weighted by Crippen LogP contribution is -2.25. The topological polar surface area (TPSA) is 55.1 Å². The zero-order chi connectivity index (χ0) is 24.0. The summed E-state index contributed by atoms with van der Waals surface area (Å²) in [6.07, 6.45) is 2.62. The van der Waals surface area contributed by atoms with E-state index in [2.05, 4.69) is 24.3 Å². The van der Waals surface area contributed by atoms with Crippen LogP contribution in [0, 0.1) is 18.6 Å². The second-order valence-electron chi connectivity index (χ2n) is 8.07.